The van der Waals surface area contributed by atoms with Crippen molar-refractivity contribution < 1.29 is 14.3 Å². The molecule has 3 aliphatic rings. The fourth-order valence-electron chi connectivity index (χ4n) is 7.08. The van der Waals surface area contributed by atoms with Crippen molar-refractivity contribution in [3.8, 4) is 28.5 Å². The molecule has 0 radical (unpaired) electrons. The number of pyridine rings is 1. The van der Waals surface area contributed by atoms with Crippen molar-refractivity contribution in [3.63, 3.8) is 0 Å². The predicted octanol–water partition coefficient (Wildman–Crippen LogP) is 4.44. The number of hydrogen-bond acceptors (Lipinski definition) is 10. The lowest BCUT2D eigenvalue weighted by Gasteiger charge is -2.41. The van der Waals surface area contributed by atoms with Gasteiger partial charge in [-0.15, -0.1) is 11.8 Å². The number of ether oxygens (including phenoxy) is 1. The van der Waals surface area contributed by atoms with Gasteiger partial charge in [-0.1, -0.05) is 0 Å². The highest BCUT2D eigenvalue weighted by Crippen LogP contribution is 2.36. The Morgan fingerprint density at radius 3 is 2.57 bits per heavy atom. The second-order valence-electron chi connectivity index (χ2n) is 13.8. The number of thioether (sulfide) groups is 1. The van der Waals surface area contributed by atoms with Gasteiger partial charge in [0.1, 0.15) is 22.9 Å². The maximum Gasteiger partial charge on any atom is 0.241 e. The first-order chi connectivity index (χ1) is 24.8. The molecule has 2 atom stereocenters. The van der Waals surface area contributed by atoms with Gasteiger partial charge >= 0.3 is 0 Å². The Morgan fingerprint density at radius 1 is 1.04 bits per heavy atom. The molecule has 0 bridgehead atoms. The Kier molecular flexibility index (Phi) is 8.88. The Labute approximate surface area is 300 Å². The number of aromatic amines is 1. The fourth-order valence-corrected chi connectivity index (χ4v) is 7.92. The van der Waals surface area contributed by atoms with E-state index in [-0.39, 0.29) is 24.0 Å². The molecule has 1 aliphatic carbocycles. The van der Waals surface area contributed by atoms with Gasteiger partial charge in [0.2, 0.25) is 17.7 Å². The van der Waals surface area contributed by atoms with Crippen molar-refractivity contribution in [2.45, 2.75) is 43.1 Å². The molecule has 1 unspecified atom stereocenters. The molecule has 2 aliphatic heterocycles. The van der Waals surface area contributed by atoms with Crippen LogP contribution in [0, 0.1) is 0 Å². The summed E-state index contributed by atoms with van der Waals surface area (Å²) in [5.41, 5.74) is 5.31. The molecule has 0 spiro atoms. The van der Waals surface area contributed by atoms with Crippen LogP contribution in [0.2, 0.25) is 0 Å². The number of nitrogens with one attached hydrogen (secondary N) is 2. The molecular weight excluding hydrogens is 665 g/mol. The monoisotopic (exact) mass is 706 g/mol. The van der Waals surface area contributed by atoms with E-state index in [4.69, 9.17) is 4.74 Å². The largest absolute Gasteiger partial charge is 0.474 e. The third kappa shape index (κ3) is 6.89. The number of likely N-dealkylation sites (tertiary alicyclic amines) is 1. The van der Waals surface area contributed by atoms with Crippen molar-refractivity contribution in [2.75, 3.05) is 55.7 Å². The third-order valence-corrected chi connectivity index (χ3v) is 11.5. The van der Waals surface area contributed by atoms with Gasteiger partial charge in [0, 0.05) is 86.0 Å². The number of aromatic nitrogens is 6. The summed E-state index contributed by atoms with van der Waals surface area (Å²) in [7, 11) is 1.86. The molecule has 1 saturated carbocycles. The normalized spacial score (nSPS) is 21.0. The second-order valence-corrected chi connectivity index (χ2v) is 15.0. The molecule has 14 heteroatoms. The summed E-state index contributed by atoms with van der Waals surface area (Å²) in [5.74, 6) is 1.38. The first kappa shape index (κ1) is 33.2. The van der Waals surface area contributed by atoms with Crippen LogP contribution >= 0.6 is 11.8 Å². The van der Waals surface area contributed by atoms with Crippen molar-refractivity contribution >= 4 is 45.9 Å². The van der Waals surface area contributed by atoms with Crippen LogP contribution in [0.1, 0.15) is 26.2 Å². The molecule has 51 heavy (non-hydrogen) atoms. The fraction of sp³-hybridized carbons (Fsp3) is 0.405. The summed E-state index contributed by atoms with van der Waals surface area (Å²) < 4.78 is 6.84. The summed E-state index contributed by atoms with van der Waals surface area (Å²) >= 11 is 1.55. The number of hydrogen-bond donors (Lipinski definition) is 2. The number of fused-ring (bicyclic) bond motifs is 1. The molecular formula is C37H42N10O3S. The number of aryl methyl sites for hydroxylation is 1. The number of benzene rings is 2. The van der Waals surface area contributed by atoms with E-state index >= 15 is 0 Å². The van der Waals surface area contributed by atoms with Crippen LogP contribution in [-0.2, 0) is 16.6 Å². The Morgan fingerprint density at radius 2 is 1.86 bits per heavy atom. The van der Waals surface area contributed by atoms with E-state index in [1.165, 1.54) is 0 Å². The van der Waals surface area contributed by atoms with Gasteiger partial charge in [0.05, 0.1) is 12.1 Å². The lowest BCUT2D eigenvalue weighted by Crippen LogP contribution is -2.56. The molecule has 264 valence electrons. The number of H-pyrrole nitrogens is 1. The van der Waals surface area contributed by atoms with Crippen LogP contribution in [0.4, 0.5) is 11.4 Å². The zero-order valence-electron chi connectivity index (χ0n) is 29.1. The van der Waals surface area contributed by atoms with Gasteiger partial charge in [-0.25, -0.2) is 9.97 Å². The zero-order valence-corrected chi connectivity index (χ0v) is 29.9. The van der Waals surface area contributed by atoms with Crippen molar-refractivity contribution in [3.05, 3.63) is 67.1 Å². The standard InChI is InChI=1S/C37H42N10O3S/c1-24-20-46(28-8-4-25(5-9-28)35-39-23-44(2)43-35)16-17-47(24)33(48)21-45-15-14-37(22-45,51-3)36(49)40-27-7-12-31-30(18-27)34(42-41-31)26-6-13-32(38-19-26)50-29-10-11-29/h4-9,12-13,18-19,23-24,29H,10-11,14-17,20-22H2,1-3H3,(H,40,49)(H,41,42)/t24?,37-/m0/s1. The molecule has 2 saturated heterocycles. The van der Waals surface area contributed by atoms with E-state index in [0.29, 0.717) is 50.0 Å². The van der Waals surface area contributed by atoms with E-state index in [1.54, 1.807) is 29.0 Å². The average molecular weight is 707 g/mol. The van der Waals surface area contributed by atoms with Gasteiger partial charge < -0.3 is 19.9 Å². The van der Waals surface area contributed by atoms with Crippen LogP contribution in [0.25, 0.3) is 33.5 Å². The summed E-state index contributed by atoms with van der Waals surface area (Å²) in [4.78, 5) is 42.7. The first-order valence-corrected chi connectivity index (χ1v) is 18.7. The Hall–Kier alpha value is -4.95. The SMILES string of the molecule is CS[C@@]1(C(=O)Nc2ccc3[nH]nc(-c4ccc(OC5CC5)nc4)c3c2)CCN(CC(=O)N2CCN(c3ccc(-c4ncn(C)n4)cc3)CC2C)C1. The molecule has 3 fully saturated rings. The zero-order chi connectivity index (χ0) is 35.1. The summed E-state index contributed by atoms with van der Waals surface area (Å²) in [6.07, 6.45) is 8.57. The highest BCUT2D eigenvalue weighted by molar-refractivity contribution is 8.00. The number of anilines is 2. The quantitative estimate of drug-likeness (QED) is 0.215. The van der Waals surface area contributed by atoms with Gasteiger partial charge in [-0.2, -0.15) is 10.2 Å². The molecule has 2 amide bonds. The highest BCUT2D eigenvalue weighted by atomic mass is 32.2. The van der Waals surface area contributed by atoms with E-state index in [0.717, 1.165) is 59.3 Å². The van der Waals surface area contributed by atoms with E-state index in [1.807, 2.05) is 60.7 Å². The van der Waals surface area contributed by atoms with Crippen LogP contribution in [0.15, 0.2) is 67.1 Å². The van der Waals surface area contributed by atoms with E-state index < -0.39 is 4.75 Å². The maximum atomic E-state index is 13.9. The summed E-state index contributed by atoms with van der Waals surface area (Å²) in [6, 6.07) is 18.0. The maximum absolute atomic E-state index is 13.9. The Bertz CT molecular complexity index is 2040. The van der Waals surface area contributed by atoms with Gasteiger partial charge in [0.25, 0.3) is 0 Å². The molecule has 13 nitrogen and oxygen atoms in total. The number of piperazine rings is 1. The van der Waals surface area contributed by atoms with Crippen molar-refractivity contribution in [1.82, 2.24) is 39.7 Å². The number of nitrogens with zero attached hydrogens (tertiary/aromatic N) is 8. The van der Waals surface area contributed by atoms with Gasteiger partial charge in [-0.05, 0) is 81.0 Å². The topological polar surface area (TPSA) is 137 Å². The first-order valence-electron chi connectivity index (χ1n) is 17.5. The number of carbonyl (C=O) groups is 2. The lowest BCUT2D eigenvalue weighted by molar-refractivity contribution is -0.134. The molecule has 8 rings (SSSR count). The van der Waals surface area contributed by atoms with Crippen LogP contribution in [-0.4, -0.2) is 114 Å². The number of rotatable bonds is 10. The molecule has 2 N–H and O–H groups in total. The van der Waals surface area contributed by atoms with Crippen LogP contribution in [0.5, 0.6) is 5.88 Å². The second kappa shape index (κ2) is 13.6. The third-order valence-electron chi connectivity index (χ3n) is 10.2. The minimum Gasteiger partial charge on any atom is -0.474 e. The number of amides is 2. The molecule has 5 aromatic rings. The summed E-state index contributed by atoms with van der Waals surface area (Å²) in [5, 5.41) is 16.1. The number of carbonyl (C=O) groups excluding carboxylic acids is 2. The lowest BCUT2D eigenvalue weighted by atomic mass is 10.1. The smallest absolute Gasteiger partial charge is 0.241 e. The molecule has 5 heterocycles. The highest BCUT2D eigenvalue weighted by Gasteiger charge is 2.45. The van der Waals surface area contributed by atoms with Gasteiger partial charge in [0.15, 0.2) is 5.82 Å². The minimum atomic E-state index is -0.656. The van der Waals surface area contributed by atoms with Gasteiger partial charge in [-0.3, -0.25) is 24.3 Å². The molecule has 3 aromatic heterocycles. The van der Waals surface area contributed by atoms with Crippen molar-refractivity contribution in [2.24, 2.45) is 7.05 Å². The van der Waals surface area contributed by atoms with E-state index in [2.05, 4.69) is 59.4 Å². The average Bonchev–Trinajstić information content (AvgIpc) is 3.48. The molecule has 2 aromatic carbocycles. The van der Waals surface area contributed by atoms with Crippen LogP contribution < -0.4 is 15.0 Å². The summed E-state index contributed by atoms with van der Waals surface area (Å²) in [6.45, 7) is 5.77. The van der Waals surface area contributed by atoms with E-state index in [9.17, 15) is 9.59 Å². The minimum absolute atomic E-state index is 0.0515. The Balaban J connectivity index is 0.871. The van der Waals surface area contributed by atoms with Crippen LogP contribution in [0.3, 0.4) is 0 Å². The predicted molar refractivity (Wildman–Crippen MR) is 199 cm³/mol. The van der Waals surface area contributed by atoms with Crippen molar-refractivity contribution in [1.29, 1.82) is 0 Å².